The topological polar surface area (TPSA) is 74.4 Å². The highest BCUT2D eigenvalue weighted by atomic mass is 19.1. The number of benzene rings is 2. The zero-order chi connectivity index (χ0) is 20.4. The first-order valence-electron chi connectivity index (χ1n) is 9.64. The van der Waals surface area contributed by atoms with E-state index in [2.05, 4.69) is 10.3 Å². The number of amides is 2. The molecule has 0 fully saturated rings. The Bertz CT molecular complexity index is 1060. The highest BCUT2D eigenvalue weighted by Gasteiger charge is 2.36. The Morgan fingerprint density at radius 1 is 1.21 bits per heavy atom. The molecule has 150 valence electrons. The number of esters is 1. The van der Waals surface area contributed by atoms with Gasteiger partial charge in [-0.25, -0.2) is 9.18 Å². The molecule has 4 rings (SSSR count). The van der Waals surface area contributed by atoms with Crippen molar-refractivity contribution in [3.05, 3.63) is 71.2 Å². The molecular formula is C22H22FN3O3. The van der Waals surface area contributed by atoms with Gasteiger partial charge in [0, 0.05) is 28.7 Å². The number of nitrogens with zero attached hydrogens (tertiary/aromatic N) is 1. The number of fused-ring (bicyclic) bond motifs is 3. The van der Waals surface area contributed by atoms with Gasteiger partial charge in [-0.1, -0.05) is 36.4 Å². The Labute approximate surface area is 167 Å². The molecule has 0 spiro atoms. The molecule has 1 unspecified atom stereocenters. The summed E-state index contributed by atoms with van der Waals surface area (Å²) in [6, 6.07) is 13.3. The molecule has 2 aromatic carbocycles. The lowest BCUT2D eigenvalue weighted by Gasteiger charge is -2.36. The van der Waals surface area contributed by atoms with Crippen molar-refractivity contribution >= 4 is 22.9 Å². The lowest BCUT2D eigenvalue weighted by molar-refractivity contribution is -0.141. The van der Waals surface area contributed by atoms with Crippen LogP contribution in [0.25, 0.3) is 10.9 Å². The lowest BCUT2D eigenvalue weighted by atomic mass is 9.92. The fourth-order valence-electron chi connectivity index (χ4n) is 3.94. The van der Waals surface area contributed by atoms with E-state index in [1.807, 2.05) is 24.3 Å². The molecule has 0 bridgehead atoms. The number of halogens is 1. The van der Waals surface area contributed by atoms with Crippen LogP contribution in [0.4, 0.5) is 9.18 Å². The summed E-state index contributed by atoms with van der Waals surface area (Å²) in [5.74, 6) is -0.890. The highest BCUT2D eigenvalue weighted by Crippen LogP contribution is 2.39. The molecule has 1 atom stereocenters. The maximum absolute atomic E-state index is 14.7. The van der Waals surface area contributed by atoms with E-state index < -0.39 is 18.0 Å². The quantitative estimate of drug-likeness (QED) is 0.664. The predicted molar refractivity (Wildman–Crippen MR) is 107 cm³/mol. The standard InChI is InChI=1S/C22H22FN3O3/c1-2-29-19(27)13-24-22(28)26-12-11-15-14-7-4-6-10-18(14)25-20(15)21(26)16-8-3-5-9-17(16)23/h3-10,21,25H,2,11-13H2,1H3,(H,24,28). The number of carbonyl (C=O) groups is 2. The number of carbonyl (C=O) groups excluding carboxylic acids is 2. The van der Waals surface area contributed by atoms with Gasteiger partial charge in [0.05, 0.1) is 6.61 Å². The molecule has 2 N–H and O–H groups in total. The van der Waals surface area contributed by atoms with Crippen LogP contribution >= 0.6 is 0 Å². The molecule has 3 aromatic rings. The summed E-state index contributed by atoms with van der Waals surface area (Å²) in [4.78, 5) is 29.5. The Morgan fingerprint density at radius 3 is 2.76 bits per heavy atom. The number of urea groups is 1. The van der Waals surface area contributed by atoms with Gasteiger partial charge < -0.3 is 19.9 Å². The van der Waals surface area contributed by atoms with Crippen molar-refractivity contribution in [3.8, 4) is 0 Å². The molecule has 0 saturated heterocycles. The molecule has 2 amide bonds. The summed E-state index contributed by atoms with van der Waals surface area (Å²) in [5.41, 5.74) is 3.25. The van der Waals surface area contributed by atoms with Crippen LogP contribution in [0, 0.1) is 5.82 Å². The van der Waals surface area contributed by atoms with Gasteiger partial charge in [-0.05, 0) is 31.0 Å². The van der Waals surface area contributed by atoms with Gasteiger partial charge in [0.1, 0.15) is 18.4 Å². The predicted octanol–water partition coefficient (Wildman–Crippen LogP) is 3.53. The fraction of sp³-hybridized carbons (Fsp3) is 0.273. The van der Waals surface area contributed by atoms with Gasteiger partial charge in [0.25, 0.3) is 0 Å². The first kappa shape index (κ1) is 19.0. The van der Waals surface area contributed by atoms with Crippen molar-refractivity contribution < 1.29 is 18.7 Å². The van der Waals surface area contributed by atoms with Crippen molar-refractivity contribution in [1.82, 2.24) is 15.2 Å². The fourth-order valence-corrected chi connectivity index (χ4v) is 3.94. The second-order valence-electron chi connectivity index (χ2n) is 6.89. The Morgan fingerprint density at radius 2 is 1.97 bits per heavy atom. The maximum atomic E-state index is 14.7. The largest absolute Gasteiger partial charge is 0.465 e. The second-order valence-corrected chi connectivity index (χ2v) is 6.89. The van der Waals surface area contributed by atoms with Crippen LogP contribution in [-0.2, 0) is 16.0 Å². The SMILES string of the molecule is CCOC(=O)CNC(=O)N1CCc2c([nH]c3ccccc23)C1c1ccccc1F. The Balaban J connectivity index is 1.73. The molecule has 1 aliphatic heterocycles. The second kappa shape index (κ2) is 7.95. The van der Waals surface area contributed by atoms with E-state index in [4.69, 9.17) is 4.74 Å². The summed E-state index contributed by atoms with van der Waals surface area (Å²) in [6.07, 6.45) is 0.636. The molecule has 29 heavy (non-hydrogen) atoms. The van der Waals surface area contributed by atoms with Crippen molar-refractivity contribution in [2.75, 3.05) is 19.7 Å². The van der Waals surface area contributed by atoms with Gasteiger partial charge in [-0.3, -0.25) is 4.79 Å². The zero-order valence-corrected chi connectivity index (χ0v) is 16.1. The lowest BCUT2D eigenvalue weighted by Crippen LogP contribution is -2.47. The third-order valence-electron chi connectivity index (χ3n) is 5.18. The Hall–Kier alpha value is -3.35. The average molecular weight is 395 g/mol. The number of ether oxygens (including phenoxy) is 1. The van der Waals surface area contributed by atoms with Crippen LogP contribution in [0.5, 0.6) is 0 Å². The van der Waals surface area contributed by atoms with E-state index in [1.54, 1.807) is 30.0 Å². The van der Waals surface area contributed by atoms with Crippen LogP contribution in [0.2, 0.25) is 0 Å². The van der Waals surface area contributed by atoms with E-state index >= 15 is 0 Å². The highest BCUT2D eigenvalue weighted by molar-refractivity contribution is 5.87. The third kappa shape index (κ3) is 3.55. The molecule has 7 heteroatoms. The number of para-hydroxylation sites is 1. The number of aromatic nitrogens is 1. The summed E-state index contributed by atoms with van der Waals surface area (Å²) in [6.45, 7) is 2.12. The van der Waals surface area contributed by atoms with Crippen LogP contribution in [0.3, 0.4) is 0 Å². The molecule has 1 aromatic heterocycles. The number of rotatable bonds is 4. The minimum atomic E-state index is -0.616. The summed E-state index contributed by atoms with van der Waals surface area (Å²) < 4.78 is 19.6. The van der Waals surface area contributed by atoms with Gasteiger partial charge in [0.15, 0.2) is 0 Å². The molecule has 0 aliphatic carbocycles. The van der Waals surface area contributed by atoms with Crippen LogP contribution < -0.4 is 5.32 Å². The van der Waals surface area contributed by atoms with E-state index in [9.17, 15) is 14.0 Å². The molecule has 2 heterocycles. The van der Waals surface area contributed by atoms with E-state index in [0.717, 1.165) is 22.2 Å². The first-order valence-corrected chi connectivity index (χ1v) is 9.64. The summed E-state index contributed by atoms with van der Waals surface area (Å²) in [7, 11) is 0. The normalized spacial score (nSPS) is 15.8. The maximum Gasteiger partial charge on any atom is 0.325 e. The smallest absolute Gasteiger partial charge is 0.325 e. The van der Waals surface area contributed by atoms with Gasteiger partial charge in [-0.2, -0.15) is 0 Å². The number of hydrogen-bond donors (Lipinski definition) is 2. The van der Waals surface area contributed by atoms with Crippen molar-refractivity contribution in [2.24, 2.45) is 0 Å². The van der Waals surface area contributed by atoms with Crippen molar-refractivity contribution in [2.45, 2.75) is 19.4 Å². The third-order valence-corrected chi connectivity index (χ3v) is 5.18. The monoisotopic (exact) mass is 395 g/mol. The van der Waals surface area contributed by atoms with Crippen molar-refractivity contribution in [3.63, 3.8) is 0 Å². The van der Waals surface area contributed by atoms with Gasteiger partial charge in [0.2, 0.25) is 0 Å². The van der Waals surface area contributed by atoms with Gasteiger partial charge >= 0.3 is 12.0 Å². The van der Waals surface area contributed by atoms with Crippen LogP contribution in [0.15, 0.2) is 48.5 Å². The summed E-state index contributed by atoms with van der Waals surface area (Å²) >= 11 is 0. The molecule has 0 radical (unpaired) electrons. The molecular weight excluding hydrogens is 373 g/mol. The average Bonchev–Trinajstić information content (AvgIpc) is 3.11. The Kier molecular flexibility index (Phi) is 5.20. The zero-order valence-electron chi connectivity index (χ0n) is 16.1. The minimum Gasteiger partial charge on any atom is -0.465 e. The van der Waals surface area contributed by atoms with Gasteiger partial charge in [-0.15, -0.1) is 0 Å². The first-order chi connectivity index (χ1) is 14.1. The molecule has 0 saturated carbocycles. The van der Waals surface area contributed by atoms with E-state index in [-0.39, 0.29) is 19.0 Å². The van der Waals surface area contributed by atoms with Crippen LogP contribution in [-0.4, -0.2) is 41.6 Å². The van der Waals surface area contributed by atoms with Crippen molar-refractivity contribution in [1.29, 1.82) is 0 Å². The van der Waals surface area contributed by atoms with E-state index in [0.29, 0.717) is 18.5 Å². The number of aromatic amines is 1. The number of hydrogen-bond acceptors (Lipinski definition) is 3. The number of H-pyrrole nitrogens is 1. The molecule has 6 nitrogen and oxygen atoms in total. The summed E-state index contributed by atoms with van der Waals surface area (Å²) in [5, 5.41) is 3.68. The van der Waals surface area contributed by atoms with Crippen LogP contribution in [0.1, 0.15) is 29.8 Å². The number of nitrogens with one attached hydrogen (secondary N) is 2. The minimum absolute atomic E-state index is 0.229. The van der Waals surface area contributed by atoms with E-state index in [1.165, 1.54) is 6.07 Å². The molecule has 1 aliphatic rings.